The lowest BCUT2D eigenvalue weighted by Crippen LogP contribution is -2.32. The summed E-state index contributed by atoms with van der Waals surface area (Å²) in [7, 11) is 4.35. The molecule has 0 amide bonds. The highest BCUT2D eigenvalue weighted by Gasteiger charge is 2.30. The summed E-state index contributed by atoms with van der Waals surface area (Å²) >= 11 is 0. The quantitative estimate of drug-likeness (QED) is 0.285. The minimum absolute atomic E-state index is 0.253. The van der Waals surface area contributed by atoms with Crippen molar-refractivity contribution >= 4 is 18.2 Å². The summed E-state index contributed by atoms with van der Waals surface area (Å²) in [5.74, 6) is 1.20. The first-order valence-corrected chi connectivity index (χ1v) is 14.2. The third-order valence-electron chi connectivity index (χ3n) is 8.47. The lowest BCUT2D eigenvalue weighted by molar-refractivity contribution is 0.155. The van der Waals surface area contributed by atoms with Gasteiger partial charge in [0, 0.05) is 38.4 Å². The first-order valence-electron chi connectivity index (χ1n) is 14.2. The maximum absolute atomic E-state index is 5.23. The van der Waals surface area contributed by atoms with E-state index in [9.17, 15) is 0 Å². The van der Waals surface area contributed by atoms with Crippen LogP contribution in [0.1, 0.15) is 53.5 Å². The van der Waals surface area contributed by atoms with Gasteiger partial charge in [-0.15, -0.1) is 0 Å². The van der Waals surface area contributed by atoms with Gasteiger partial charge in [0.1, 0.15) is 11.5 Å². The molecule has 39 heavy (non-hydrogen) atoms. The van der Waals surface area contributed by atoms with Crippen molar-refractivity contribution in [3.05, 3.63) is 95.1 Å². The average Bonchev–Trinajstić information content (AvgIpc) is 3.59. The molecule has 0 unspecified atom stereocenters. The number of imidazole rings is 1. The van der Waals surface area contributed by atoms with E-state index in [0.29, 0.717) is 12.6 Å². The fourth-order valence-electron chi connectivity index (χ4n) is 6.42. The Morgan fingerprint density at radius 2 is 1.87 bits per heavy atom. The van der Waals surface area contributed by atoms with Crippen LogP contribution in [0.5, 0.6) is 0 Å². The maximum Gasteiger partial charge on any atom is 0.138 e. The minimum atomic E-state index is 0.253. The highest BCUT2D eigenvalue weighted by atomic mass is 15.3. The van der Waals surface area contributed by atoms with Crippen molar-refractivity contribution < 1.29 is 0 Å². The smallest absolute Gasteiger partial charge is 0.138 e. The third-order valence-corrected chi connectivity index (χ3v) is 8.47. The largest absolute Gasteiger partial charge is 0.356 e. The molecule has 1 saturated heterocycles. The molecule has 0 spiro atoms. The molecule has 1 aliphatic heterocycles. The van der Waals surface area contributed by atoms with Crippen LogP contribution < -0.4 is 4.90 Å². The molecule has 0 N–H and O–H groups in total. The molecule has 1 aromatic carbocycles. The van der Waals surface area contributed by atoms with E-state index < -0.39 is 0 Å². The summed E-state index contributed by atoms with van der Waals surface area (Å²) in [6.07, 6.45) is 6.49. The molecule has 202 valence electrons. The van der Waals surface area contributed by atoms with Crippen LogP contribution >= 0.6 is 0 Å². The first-order chi connectivity index (χ1) is 19.1. The van der Waals surface area contributed by atoms with Crippen LogP contribution in [0.2, 0.25) is 0 Å². The summed E-state index contributed by atoms with van der Waals surface area (Å²) in [5.41, 5.74) is 7.11. The van der Waals surface area contributed by atoms with Crippen LogP contribution in [0.4, 0.5) is 5.82 Å². The molecule has 0 bridgehead atoms. The van der Waals surface area contributed by atoms with Crippen molar-refractivity contribution in [2.75, 3.05) is 32.1 Å². The van der Waals surface area contributed by atoms with Crippen molar-refractivity contribution in [2.45, 2.75) is 57.4 Å². The van der Waals surface area contributed by atoms with Gasteiger partial charge < -0.3 is 9.80 Å². The third kappa shape index (κ3) is 5.21. The molecule has 3 aromatic heterocycles. The predicted molar refractivity (Wildman–Crippen MR) is 158 cm³/mol. The Morgan fingerprint density at radius 3 is 2.67 bits per heavy atom. The number of likely N-dealkylation sites (N-methyl/N-ethyl adjacent to an activating group) is 1. The van der Waals surface area contributed by atoms with E-state index in [-0.39, 0.29) is 6.04 Å². The number of aryl methyl sites for hydroxylation is 1. The number of nitrogens with zero attached hydrogens (tertiary/aromatic N) is 7. The molecule has 1 fully saturated rings. The van der Waals surface area contributed by atoms with E-state index in [1.54, 1.807) is 0 Å². The molecule has 7 nitrogen and oxygen atoms in total. The van der Waals surface area contributed by atoms with E-state index in [0.717, 1.165) is 56.1 Å². The van der Waals surface area contributed by atoms with E-state index >= 15 is 0 Å². The van der Waals surface area contributed by atoms with Gasteiger partial charge in [0.05, 0.1) is 29.7 Å². The summed E-state index contributed by atoms with van der Waals surface area (Å²) in [5, 5.41) is 0. The first kappa shape index (κ1) is 25.7. The number of rotatable bonds is 9. The lowest BCUT2D eigenvalue weighted by atomic mass is 9.90. The van der Waals surface area contributed by atoms with Gasteiger partial charge in [0.15, 0.2) is 0 Å². The van der Waals surface area contributed by atoms with Crippen LogP contribution in [-0.4, -0.2) is 64.1 Å². The Bertz CT molecular complexity index is 1430. The number of pyridine rings is 2. The molecule has 0 radical (unpaired) electrons. The lowest BCUT2D eigenvalue weighted by Gasteiger charge is -2.35. The Balaban J connectivity index is 1.40. The van der Waals surface area contributed by atoms with E-state index in [4.69, 9.17) is 9.97 Å². The monoisotopic (exact) mass is 521 g/mol. The van der Waals surface area contributed by atoms with Gasteiger partial charge in [-0.2, -0.15) is 0 Å². The number of aromatic nitrogens is 3. The van der Waals surface area contributed by atoms with Crippen LogP contribution in [0.25, 0.3) is 5.65 Å². The number of aliphatic imine (C=N–C) groups is 1. The Morgan fingerprint density at radius 1 is 1.00 bits per heavy atom. The van der Waals surface area contributed by atoms with E-state index in [1.807, 2.05) is 6.20 Å². The van der Waals surface area contributed by atoms with Gasteiger partial charge in [-0.3, -0.25) is 19.3 Å². The van der Waals surface area contributed by atoms with Gasteiger partial charge >= 0.3 is 0 Å². The van der Waals surface area contributed by atoms with Gasteiger partial charge in [0.25, 0.3) is 0 Å². The fourth-order valence-corrected chi connectivity index (χ4v) is 6.42. The molecular formula is C32H39N7. The zero-order chi connectivity index (χ0) is 26.8. The Hall–Kier alpha value is -3.55. The topological polar surface area (TPSA) is 52.3 Å². The molecule has 2 atom stereocenters. The number of anilines is 1. The molecule has 4 aromatic rings. The zero-order valence-corrected chi connectivity index (χ0v) is 23.2. The Kier molecular flexibility index (Phi) is 7.44. The summed E-state index contributed by atoms with van der Waals surface area (Å²) in [6, 6.07) is 22.4. The molecular weight excluding hydrogens is 482 g/mol. The average molecular weight is 522 g/mol. The van der Waals surface area contributed by atoms with Crippen LogP contribution in [0.3, 0.4) is 0 Å². The highest BCUT2D eigenvalue weighted by molar-refractivity contribution is 5.56. The van der Waals surface area contributed by atoms with E-state index in [2.05, 4.69) is 106 Å². The molecule has 7 heteroatoms. The van der Waals surface area contributed by atoms with Crippen molar-refractivity contribution in [3.63, 3.8) is 0 Å². The summed E-state index contributed by atoms with van der Waals surface area (Å²) in [6.45, 7) is 8.06. The fraction of sp³-hybridized carbons (Fsp3) is 0.406. The molecule has 4 heterocycles. The van der Waals surface area contributed by atoms with Crippen molar-refractivity contribution in [2.24, 2.45) is 4.99 Å². The predicted octanol–water partition coefficient (Wildman–Crippen LogP) is 5.15. The Labute approximate surface area is 231 Å². The summed E-state index contributed by atoms with van der Waals surface area (Å²) < 4.78 is 2.33. The number of hydrogen-bond donors (Lipinski definition) is 0. The van der Waals surface area contributed by atoms with E-state index in [1.165, 1.54) is 35.5 Å². The number of fused-ring (bicyclic) bond motifs is 2. The van der Waals surface area contributed by atoms with Gasteiger partial charge in [-0.05, 0) is 75.8 Å². The second-order valence-electron chi connectivity index (χ2n) is 11.2. The second kappa shape index (κ2) is 11.3. The standard InChI is InChI=1S/C32H39N7/c1-33-20-29-27(35-30-15-8-16-31(39(29)30)37-19-17-26(22-37)36(2)3)23-38(21-24-10-5-4-6-11-24)28-14-7-12-25-13-9-18-34-32(25)28/h4-6,8-11,13,15-16,18,26,28H,1,7,12,14,17,19-23H2,2-3H3/t26-,28+/m1/s1. The van der Waals surface area contributed by atoms with Gasteiger partial charge in [-0.25, -0.2) is 4.98 Å². The zero-order valence-electron chi connectivity index (χ0n) is 23.2. The van der Waals surface area contributed by atoms with Crippen molar-refractivity contribution in [1.29, 1.82) is 0 Å². The van der Waals surface area contributed by atoms with Gasteiger partial charge in [-0.1, -0.05) is 42.5 Å². The molecule has 2 aliphatic rings. The SMILES string of the molecule is C=NCc1c(CN(Cc2ccccc2)[C@H]2CCCc3cccnc32)nc2cccc(N3CC[C@@H](N(C)C)C3)n12. The normalized spacial score (nSPS) is 19.2. The number of benzene rings is 1. The molecule has 6 rings (SSSR count). The van der Waals surface area contributed by atoms with Crippen LogP contribution in [-0.2, 0) is 26.1 Å². The van der Waals surface area contributed by atoms with Crippen LogP contribution in [0, 0.1) is 0 Å². The second-order valence-corrected chi connectivity index (χ2v) is 11.2. The minimum Gasteiger partial charge on any atom is -0.356 e. The summed E-state index contributed by atoms with van der Waals surface area (Å²) in [4.78, 5) is 21.9. The maximum atomic E-state index is 5.23. The van der Waals surface area contributed by atoms with Crippen molar-refractivity contribution in [1.82, 2.24) is 24.2 Å². The van der Waals surface area contributed by atoms with Crippen molar-refractivity contribution in [3.8, 4) is 0 Å². The van der Waals surface area contributed by atoms with Gasteiger partial charge in [0.2, 0.25) is 0 Å². The highest BCUT2D eigenvalue weighted by Crippen LogP contribution is 2.36. The van der Waals surface area contributed by atoms with Crippen LogP contribution in [0.15, 0.2) is 71.9 Å². The molecule has 1 aliphatic carbocycles. The number of hydrogen-bond acceptors (Lipinski definition) is 6. The molecule has 0 saturated carbocycles.